The van der Waals surface area contributed by atoms with E-state index in [1.54, 1.807) is 12.4 Å². The van der Waals surface area contributed by atoms with Crippen LogP contribution in [-0.2, 0) is 0 Å². The summed E-state index contributed by atoms with van der Waals surface area (Å²) in [6, 6.07) is 4.61. The van der Waals surface area contributed by atoms with Crippen molar-refractivity contribution in [3.05, 3.63) is 24.5 Å². The Kier molecular flexibility index (Phi) is 6.89. The van der Waals surface area contributed by atoms with E-state index in [0.29, 0.717) is 5.11 Å². The Bertz CT molecular complexity index is 424. The lowest BCUT2D eigenvalue weighted by Gasteiger charge is -2.35. The van der Waals surface area contributed by atoms with Gasteiger partial charge in [0.1, 0.15) is 0 Å². The van der Waals surface area contributed by atoms with Gasteiger partial charge in [-0.2, -0.15) is 0 Å². The van der Waals surface area contributed by atoms with Gasteiger partial charge in [0.2, 0.25) is 0 Å². The Hall–Kier alpha value is -1.20. The number of hydrogen-bond donors (Lipinski definition) is 2. The Labute approximate surface area is 133 Å². The molecule has 1 atom stereocenters. The van der Waals surface area contributed by atoms with Gasteiger partial charge in [0, 0.05) is 37.2 Å². The maximum absolute atomic E-state index is 5.30. The Morgan fingerprint density at radius 2 is 2.19 bits per heavy atom. The fourth-order valence-corrected chi connectivity index (χ4v) is 3.13. The van der Waals surface area contributed by atoms with Crippen LogP contribution in [0.3, 0.4) is 0 Å². The van der Waals surface area contributed by atoms with Crippen molar-refractivity contribution in [3.8, 4) is 0 Å². The van der Waals surface area contributed by atoms with Crippen LogP contribution in [0, 0.1) is 0 Å². The van der Waals surface area contributed by atoms with Crippen molar-refractivity contribution >= 4 is 23.0 Å². The lowest BCUT2D eigenvalue weighted by Crippen LogP contribution is -2.40. The lowest BCUT2D eigenvalue weighted by atomic mass is 10.00. The minimum absolute atomic E-state index is 0.687. The van der Waals surface area contributed by atoms with E-state index in [1.165, 1.54) is 38.8 Å². The average Bonchev–Trinajstić information content (AvgIpc) is 2.53. The van der Waals surface area contributed by atoms with Crippen molar-refractivity contribution in [2.45, 2.75) is 45.1 Å². The first-order valence-corrected chi connectivity index (χ1v) is 8.39. The topological polar surface area (TPSA) is 40.2 Å². The van der Waals surface area contributed by atoms with Crippen LogP contribution >= 0.6 is 12.2 Å². The second-order valence-electron chi connectivity index (χ2n) is 5.56. The summed E-state index contributed by atoms with van der Waals surface area (Å²) in [6.45, 7) is 5.65. The number of nitrogens with zero attached hydrogens (tertiary/aromatic N) is 2. The third-order valence-electron chi connectivity index (χ3n) is 4.07. The van der Waals surface area contributed by atoms with E-state index in [1.807, 2.05) is 12.1 Å². The minimum Gasteiger partial charge on any atom is -0.362 e. The van der Waals surface area contributed by atoms with Crippen LogP contribution in [0.4, 0.5) is 5.69 Å². The van der Waals surface area contributed by atoms with Crippen molar-refractivity contribution in [3.63, 3.8) is 0 Å². The number of hydrogen-bond acceptors (Lipinski definition) is 3. The molecule has 0 amide bonds. The highest BCUT2D eigenvalue weighted by Crippen LogP contribution is 2.19. The van der Waals surface area contributed by atoms with E-state index in [-0.39, 0.29) is 0 Å². The molecule has 2 rings (SSSR count). The second-order valence-corrected chi connectivity index (χ2v) is 5.97. The Morgan fingerprint density at radius 3 is 2.95 bits per heavy atom. The van der Waals surface area contributed by atoms with E-state index in [4.69, 9.17) is 12.2 Å². The molecular formula is C16H26N4S. The summed E-state index contributed by atoms with van der Waals surface area (Å²) in [6.07, 6.45) is 10.0. The van der Waals surface area contributed by atoms with Crippen LogP contribution < -0.4 is 10.6 Å². The Balaban J connectivity index is 1.61. The van der Waals surface area contributed by atoms with Crippen LogP contribution in [0.15, 0.2) is 24.5 Å². The minimum atomic E-state index is 0.687. The van der Waals surface area contributed by atoms with Crippen LogP contribution in [-0.4, -0.2) is 40.7 Å². The fraction of sp³-hybridized carbons (Fsp3) is 0.625. The molecule has 1 aliphatic rings. The van der Waals surface area contributed by atoms with Crippen molar-refractivity contribution in [2.24, 2.45) is 0 Å². The predicted octanol–water partition coefficient (Wildman–Crippen LogP) is 3.02. The first-order valence-electron chi connectivity index (χ1n) is 7.98. The monoisotopic (exact) mass is 306 g/mol. The molecule has 0 spiro atoms. The third kappa shape index (κ3) is 5.59. The number of aromatic nitrogens is 1. The molecule has 1 aromatic heterocycles. The van der Waals surface area contributed by atoms with Gasteiger partial charge in [-0.3, -0.25) is 4.98 Å². The quantitative estimate of drug-likeness (QED) is 0.624. The molecule has 5 heteroatoms. The van der Waals surface area contributed by atoms with Gasteiger partial charge in [0.25, 0.3) is 0 Å². The summed E-state index contributed by atoms with van der Waals surface area (Å²) >= 11 is 5.30. The molecular weight excluding hydrogens is 280 g/mol. The number of likely N-dealkylation sites (tertiary alicyclic amines) is 1. The third-order valence-corrected chi connectivity index (χ3v) is 4.31. The van der Waals surface area contributed by atoms with Gasteiger partial charge < -0.3 is 15.5 Å². The number of piperidine rings is 1. The van der Waals surface area contributed by atoms with E-state index in [2.05, 4.69) is 27.4 Å². The van der Waals surface area contributed by atoms with E-state index in [0.717, 1.165) is 24.7 Å². The van der Waals surface area contributed by atoms with Gasteiger partial charge in [-0.05, 0) is 56.6 Å². The van der Waals surface area contributed by atoms with Gasteiger partial charge in [-0.25, -0.2) is 0 Å². The molecule has 1 saturated heterocycles. The largest absolute Gasteiger partial charge is 0.362 e. The van der Waals surface area contributed by atoms with Gasteiger partial charge >= 0.3 is 0 Å². The SMILES string of the molecule is CCC1CCCCN1CCCNC(=S)Nc1ccncc1. The molecule has 0 saturated carbocycles. The number of anilines is 1. The maximum atomic E-state index is 5.30. The number of pyridine rings is 1. The smallest absolute Gasteiger partial charge is 0.170 e. The van der Waals surface area contributed by atoms with Crippen LogP contribution in [0.5, 0.6) is 0 Å². The number of rotatable bonds is 6. The standard InChI is InChI=1S/C16H26N4S/c1-2-15-6-3-4-12-20(15)13-5-9-18-16(21)19-14-7-10-17-11-8-14/h7-8,10-11,15H,2-6,9,12-13H2,1H3,(H2,17,18,19,21). The second kappa shape index (κ2) is 8.95. The van der Waals surface area contributed by atoms with Gasteiger partial charge in [-0.15, -0.1) is 0 Å². The van der Waals surface area contributed by atoms with Crippen molar-refractivity contribution in [1.82, 2.24) is 15.2 Å². The van der Waals surface area contributed by atoms with Crippen molar-refractivity contribution in [1.29, 1.82) is 0 Å². The summed E-state index contributed by atoms with van der Waals surface area (Å²) in [5, 5.41) is 7.13. The predicted molar refractivity (Wildman–Crippen MR) is 92.6 cm³/mol. The van der Waals surface area contributed by atoms with Crippen molar-refractivity contribution < 1.29 is 0 Å². The first-order chi connectivity index (χ1) is 10.3. The van der Waals surface area contributed by atoms with Crippen LogP contribution in [0.1, 0.15) is 39.0 Å². The van der Waals surface area contributed by atoms with E-state index >= 15 is 0 Å². The molecule has 1 fully saturated rings. The molecule has 1 unspecified atom stereocenters. The van der Waals surface area contributed by atoms with Crippen LogP contribution in [0.2, 0.25) is 0 Å². The first kappa shape index (κ1) is 16.2. The van der Waals surface area contributed by atoms with Gasteiger partial charge in [0.05, 0.1) is 0 Å². The molecule has 2 heterocycles. The highest BCUT2D eigenvalue weighted by molar-refractivity contribution is 7.80. The molecule has 1 aromatic rings. The summed E-state index contributed by atoms with van der Waals surface area (Å²) < 4.78 is 0. The zero-order valence-corrected chi connectivity index (χ0v) is 13.7. The Morgan fingerprint density at radius 1 is 1.38 bits per heavy atom. The molecule has 0 bridgehead atoms. The number of thiocarbonyl (C=S) groups is 1. The summed E-state index contributed by atoms with van der Waals surface area (Å²) in [4.78, 5) is 6.63. The molecule has 0 radical (unpaired) electrons. The number of nitrogens with one attached hydrogen (secondary N) is 2. The highest BCUT2D eigenvalue weighted by Gasteiger charge is 2.19. The molecule has 2 N–H and O–H groups in total. The lowest BCUT2D eigenvalue weighted by molar-refractivity contribution is 0.143. The van der Waals surface area contributed by atoms with Crippen LogP contribution in [0.25, 0.3) is 0 Å². The molecule has 0 aromatic carbocycles. The molecule has 1 aliphatic heterocycles. The van der Waals surface area contributed by atoms with Crippen molar-refractivity contribution in [2.75, 3.05) is 25.0 Å². The van der Waals surface area contributed by atoms with E-state index in [9.17, 15) is 0 Å². The zero-order chi connectivity index (χ0) is 14.9. The molecule has 4 nitrogen and oxygen atoms in total. The normalized spacial score (nSPS) is 19.2. The maximum Gasteiger partial charge on any atom is 0.170 e. The molecule has 0 aliphatic carbocycles. The molecule has 21 heavy (non-hydrogen) atoms. The van der Waals surface area contributed by atoms with E-state index < -0.39 is 0 Å². The fourth-order valence-electron chi connectivity index (χ4n) is 2.91. The zero-order valence-electron chi connectivity index (χ0n) is 12.8. The summed E-state index contributed by atoms with van der Waals surface area (Å²) in [5.74, 6) is 0. The summed E-state index contributed by atoms with van der Waals surface area (Å²) in [5.41, 5.74) is 0.976. The van der Waals surface area contributed by atoms with Gasteiger partial charge in [0.15, 0.2) is 5.11 Å². The molecule has 116 valence electrons. The average molecular weight is 306 g/mol. The highest BCUT2D eigenvalue weighted by atomic mass is 32.1. The summed E-state index contributed by atoms with van der Waals surface area (Å²) in [7, 11) is 0. The van der Waals surface area contributed by atoms with Gasteiger partial charge in [-0.1, -0.05) is 13.3 Å².